The molecule has 6 heteroatoms. The number of rotatable bonds is 7. The summed E-state index contributed by atoms with van der Waals surface area (Å²) in [6, 6.07) is 16.2. The van der Waals surface area contributed by atoms with E-state index in [-0.39, 0.29) is 5.91 Å². The number of carbonyl (C=O) groups is 1. The number of nitrogens with one attached hydrogen (secondary N) is 1. The van der Waals surface area contributed by atoms with Crippen LogP contribution in [0.5, 0.6) is 0 Å². The second-order valence-electron chi connectivity index (χ2n) is 6.03. The van der Waals surface area contributed by atoms with Crippen LogP contribution in [0, 0.1) is 0 Å². The third kappa shape index (κ3) is 4.40. The molecule has 0 aliphatic carbocycles. The largest absolute Gasteiger partial charge is 0.352 e. The summed E-state index contributed by atoms with van der Waals surface area (Å²) in [6.07, 6.45) is 0.837. The molecular formula is C21H18N2OS3. The molecule has 0 radical (unpaired) electrons. The first kappa shape index (κ1) is 18.2. The topological polar surface area (TPSA) is 42.0 Å². The number of fused-ring (bicyclic) bond motifs is 1. The van der Waals surface area contributed by atoms with E-state index in [2.05, 4.69) is 39.9 Å². The van der Waals surface area contributed by atoms with Gasteiger partial charge >= 0.3 is 0 Å². The minimum atomic E-state index is -0.0177. The Morgan fingerprint density at radius 1 is 1.07 bits per heavy atom. The fraction of sp³-hybridized carbons (Fsp3) is 0.143. The van der Waals surface area contributed by atoms with Crippen LogP contribution in [0.15, 0.2) is 69.7 Å². The number of aromatic nitrogens is 1. The summed E-state index contributed by atoms with van der Waals surface area (Å²) in [5.41, 5.74) is 4.90. The van der Waals surface area contributed by atoms with Gasteiger partial charge in [-0.15, -0.1) is 34.4 Å². The predicted octanol–water partition coefficient (Wildman–Crippen LogP) is 5.62. The van der Waals surface area contributed by atoms with Gasteiger partial charge in [-0.3, -0.25) is 4.79 Å². The molecule has 1 amide bonds. The van der Waals surface area contributed by atoms with Crippen molar-refractivity contribution < 1.29 is 4.79 Å². The lowest BCUT2D eigenvalue weighted by Crippen LogP contribution is -2.26. The Hall–Kier alpha value is -2.15. The van der Waals surface area contributed by atoms with Gasteiger partial charge in [0.25, 0.3) is 5.91 Å². The van der Waals surface area contributed by atoms with E-state index in [0.717, 1.165) is 28.3 Å². The van der Waals surface area contributed by atoms with Crippen molar-refractivity contribution in [3.05, 3.63) is 81.6 Å². The SMILES string of the molecule is O=C(NCCc1csc2ccccc12)c1ccccc1SCc1cscn1. The lowest BCUT2D eigenvalue weighted by atomic mass is 10.1. The summed E-state index contributed by atoms with van der Waals surface area (Å²) in [7, 11) is 0. The molecule has 27 heavy (non-hydrogen) atoms. The van der Waals surface area contributed by atoms with E-state index in [9.17, 15) is 4.79 Å². The van der Waals surface area contributed by atoms with E-state index in [1.54, 1.807) is 34.4 Å². The van der Waals surface area contributed by atoms with Gasteiger partial charge in [0.05, 0.1) is 16.8 Å². The first-order valence-corrected chi connectivity index (χ1v) is 11.4. The Kier molecular flexibility index (Phi) is 5.87. The van der Waals surface area contributed by atoms with Crippen molar-refractivity contribution in [1.82, 2.24) is 10.3 Å². The molecule has 2 aromatic heterocycles. The van der Waals surface area contributed by atoms with E-state index >= 15 is 0 Å². The second-order valence-corrected chi connectivity index (χ2v) is 8.67. The predicted molar refractivity (Wildman–Crippen MR) is 116 cm³/mol. The summed E-state index contributed by atoms with van der Waals surface area (Å²) in [5.74, 6) is 0.755. The normalized spacial score (nSPS) is 11.0. The third-order valence-corrected chi connectivity index (χ3v) is 6.99. The standard InChI is InChI=1S/C21H18N2OS3/c24-21(22-10-9-15-11-26-19-7-3-1-5-17(15)19)18-6-2-4-8-20(18)27-13-16-12-25-14-23-16/h1-8,11-12,14H,9-10,13H2,(H,22,24). The molecule has 0 aliphatic heterocycles. The van der Waals surface area contributed by atoms with Crippen molar-refractivity contribution in [3.63, 3.8) is 0 Å². The van der Waals surface area contributed by atoms with Crippen molar-refractivity contribution in [2.75, 3.05) is 6.54 Å². The summed E-state index contributed by atoms with van der Waals surface area (Å²) >= 11 is 5.00. The van der Waals surface area contributed by atoms with Crippen LogP contribution in [0.1, 0.15) is 21.6 Å². The molecule has 4 rings (SSSR count). The second kappa shape index (κ2) is 8.69. The number of thioether (sulfide) groups is 1. The summed E-state index contributed by atoms with van der Waals surface area (Å²) in [5, 5.41) is 8.59. The summed E-state index contributed by atoms with van der Waals surface area (Å²) in [6.45, 7) is 0.630. The number of thiophene rings is 1. The van der Waals surface area contributed by atoms with Crippen molar-refractivity contribution in [2.45, 2.75) is 17.1 Å². The Balaban J connectivity index is 1.38. The van der Waals surface area contributed by atoms with Gasteiger partial charge in [-0.1, -0.05) is 30.3 Å². The first-order chi connectivity index (χ1) is 13.3. The van der Waals surface area contributed by atoms with E-state index in [1.165, 1.54) is 15.6 Å². The summed E-state index contributed by atoms with van der Waals surface area (Å²) in [4.78, 5) is 18.0. The van der Waals surface area contributed by atoms with Crippen molar-refractivity contribution in [3.8, 4) is 0 Å². The number of benzene rings is 2. The summed E-state index contributed by atoms with van der Waals surface area (Å²) < 4.78 is 1.29. The molecule has 0 atom stereocenters. The Bertz CT molecular complexity index is 1040. The van der Waals surface area contributed by atoms with Gasteiger partial charge in [-0.25, -0.2) is 4.98 Å². The number of amides is 1. The molecule has 0 fully saturated rings. The molecule has 0 spiro atoms. The molecular weight excluding hydrogens is 392 g/mol. The van der Waals surface area contributed by atoms with E-state index in [1.807, 2.05) is 35.2 Å². The average Bonchev–Trinajstić information content (AvgIpc) is 3.37. The molecule has 0 bridgehead atoms. The molecule has 0 unspecified atom stereocenters. The molecule has 1 N–H and O–H groups in total. The van der Waals surface area contributed by atoms with Gasteiger partial charge in [-0.2, -0.15) is 0 Å². The third-order valence-electron chi connectivity index (χ3n) is 4.23. The minimum absolute atomic E-state index is 0.0177. The molecule has 0 saturated carbocycles. The van der Waals surface area contributed by atoms with Crippen molar-refractivity contribution in [1.29, 1.82) is 0 Å². The van der Waals surface area contributed by atoms with Crippen LogP contribution in [0.2, 0.25) is 0 Å². The maximum Gasteiger partial charge on any atom is 0.252 e. The highest BCUT2D eigenvalue weighted by molar-refractivity contribution is 7.98. The maximum absolute atomic E-state index is 12.7. The molecule has 3 nitrogen and oxygen atoms in total. The quantitative estimate of drug-likeness (QED) is 0.402. The average molecular weight is 411 g/mol. The van der Waals surface area contributed by atoms with E-state index < -0.39 is 0 Å². The van der Waals surface area contributed by atoms with Gasteiger partial charge < -0.3 is 5.32 Å². The van der Waals surface area contributed by atoms with Gasteiger partial charge in [0, 0.05) is 27.3 Å². The van der Waals surface area contributed by atoms with Crippen LogP contribution >= 0.6 is 34.4 Å². The smallest absolute Gasteiger partial charge is 0.252 e. The van der Waals surface area contributed by atoms with Crippen LogP contribution in [0.25, 0.3) is 10.1 Å². The highest BCUT2D eigenvalue weighted by Gasteiger charge is 2.12. The van der Waals surface area contributed by atoms with E-state index in [4.69, 9.17) is 0 Å². The molecule has 4 aromatic rings. The van der Waals surface area contributed by atoms with E-state index in [0.29, 0.717) is 6.54 Å². The van der Waals surface area contributed by atoms with Crippen LogP contribution in [-0.2, 0) is 12.2 Å². The van der Waals surface area contributed by atoms with Crippen molar-refractivity contribution >= 4 is 50.4 Å². The highest BCUT2D eigenvalue weighted by atomic mass is 32.2. The zero-order chi connectivity index (χ0) is 18.5. The molecule has 136 valence electrons. The lowest BCUT2D eigenvalue weighted by molar-refractivity contribution is 0.0951. The number of nitrogens with zero attached hydrogens (tertiary/aromatic N) is 1. The Morgan fingerprint density at radius 2 is 1.93 bits per heavy atom. The zero-order valence-electron chi connectivity index (χ0n) is 14.6. The number of carbonyl (C=O) groups excluding carboxylic acids is 1. The minimum Gasteiger partial charge on any atom is -0.352 e. The lowest BCUT2D eigenvalue weighted by Gasteiger charge is -2.09. The molecule has 2 aromatic carbocycles. The van der Waals surface area contributed by atoms with Gasteiger partial charge in [0.2, 0.25) is 0 Å². The maximum atomic E-state index is 12.7. The van der Waals surface area contributed by atoms with Gasteiger partial charge in [-0.05, 0) is 40.9 Å². The Labute approximate surface area is 170 Å². The number of hydrogen-bond donors (Lipinski definition) is 1. The fourth-order valence-corrected chi connectivity index (χ4v) is 5.49. The van der Waals surface area contributed by atoms with Crippen LogP contribution in [-0.4, -0.2) is 17.4 Å². The highest BCUT2D eigenvalue weighted by Crippen LogP contribution is 2.27. The van der Waals surface area contributed by atoms with Crippen LogP contribution in [0.4, 0.5) is 0 Å². The zero-order valence-corrected chi connectivity index (χ0v) is 17.0. The molecule has 0 saturated heterocycles. The van der Waals surface area contributed by atoms with Crippen molar-refractivity contribution in [2.24, 2.45) is 0 Å². The fourth-order valence-electron chi connectivity index (χ4n) is 2.87. The number of hydrogen-bond acceptors (Lipinski definition) is 5. The molecule has 2 heterocycles. The van der Waals surface area contributed by atoms with Gasteiger partial charge in [0.1, 0.15) is 0 Å². The number of thiazole rings is 1. The van der Waals surface area contributed by atoms with Gasteiger partial charge in [0.15, 0.2) is 0 Å². The Morgan fingerprint density at radius 3 is 2.81 bits per heavy atom. The van der Waals surface area contributed by atoms with Crippen LogP contribution in [0.3, 0.4) is 0 Å². The monoisotopic (exact) mass is 410 g/mol. The first-order valence-electron chi connectivity index (χ1n) is 8.63. The van der Waals surface area contributed by atoms with Crippen LogP contribution < -0.4 is 5.32 Å². The molecule has 0 aliphatic rings.